The summed E-state index contributed by atoms with van der Waals surface area (Å²) < 4.78 is 0. The van der Waals surface area contributed by atoms with E-state index < -0.39 is 0 Å². The van der Waals surface area contributed by atoms with Gasteiger partial charge in [-0.15, -0.1) is 0 Å². The zero-order chi connectivity index (χ0) is 15.8. The second-order valence-corrected chi connectivity index (χ2v) is 6.59. The van der Waals surface area contributed by atoms with Gasteiger partial charge in [0.05, 0.1) is 6.54 Å². The highest BCUT2D eigenvalue weighted by atomic mass is 16.2. The number of hydrogen-bond donors (Lipinski definition) is 0. The lowest BCUT2D eigenvalue weighted by Crippen LogP contribution is -2.44. The lowest BCUT2D eigenvalue weighted by molar-refractivity contribution is -0.117. The standard InChI is InChI=1S/C20H22N2O/c1-15-13-17-8-3-5-11-19(17)22(15)14-20(23)21-12-6-9-16-7-2-4-10-18(16)21/h2-5,7-8,10-11,15H,6,9,12-14H2,1H3. The van der Waals surface area contributed by atoms with Gasteiger partial charge in [-0.3, -0.25) is 4.79 Å². The first-order chi connectivity index (χ1) is 11.2. The van der Waals surface area contributed by atoms with E-state index in [2.05, 4.69) is 54.3 Å². The molecule has 118 valence electrons. The molecule has 0 N–H and O–H groups in total. The molecule has 2 aromatic rings. The quantitative estimate of drug-likeness (QED) is 0.849. The van der Waals surface area contributed by atoms with Crippen molar-refractivity contribution in [1.29, 1.82) is 0 Å². The summed E-state index contributed by atoms with van der Waals surface area (Å²) in [6.45, 7) is 3.50. The Hall–Kier alpha value is -2.29. The largest absolute Gasteiger partial charge is 0.359 e. The van der Waals surface area contributed by atoms with Crippen LogP contribution in [0.25, 0.3) is 0 Å². The Morgan fingerprint density at radius 3 is 2.57 bits per heavy atom. The van der Waals surface area contributed by atoms with Crippen molar-refractivity contribution >= 4 is 17.3 Å². The number of carbonyl (C=O) groups is 1. The monoisotopic (exact) mass is 306 g/mol. The highest BCUT2D eigenvalue weighted by molar-refractivity contribution is 5.97. The Labute approximate surface area is 137 Å². The predicted octanol–water partition coefficient (Wildman–Crippen LogP) is 3.42. The first kappa shape index (κ1) is 14.3. The number of carbonyl (C=O) groups excluding carboxylic acids is 1. The van der Waals surface area contributed by atoms with Crippen LogP contribution < -0.4 is 9.80 Å². The molecular formula is C20H22N2O. The van der Waals surface area contributed by atoms with E-state index in [9.17, 15) is 4.79 Å². The molecule has 1 amide bonds. The van der Waals surface area contributed by atoms with Crippen LogP contribution in [-0.2, 0) is 17.6 Å². The number of nitrogens with zero attached hydrogens (tertiary/aromatic N) is 2. The number of anilines is 2. The highest BCUT2D eigenvalue weighted by Gasteiger charge is 2.30. The molecule has 1 atom stereocenters. The molecule has 0 radical (unpaired) electrons. The van der Waals surface area contributed by atoms with E-state index in [0.29, 0.717) is 12.6 Å². The van der Waals surface area contributed by atoms with Crippen molar-refractivity contribution in [1.82, 2.24) is 0 Å². The van der Waals surface area contributed by atoms with Crippen LogP contribution >= 0.6 is 0 Å². The molecule has 0 saturated heterocycles. The maximum atomic E-state index is 13.0. The molecular weight excluding hydrogens is 284 g/mol. The summed E-state index contributed by atoms with van der Waals surface area (Å²) in [5, 5.41) is 0. The second-order valence-electron chi connectivity index (χ2n) is 6.59. The molecule has 2 aromatic carbocycles. The van der Waals surface area contributed by atoms with Gasteiger partial charge in [0.1, 0.15) is 0 Å². The Morgan fingerprint density at radius 2 is 1.74 bits per heavy atom. The van der Waals surface area contributed by atoms with Crippen molar-refractivity contribution in [3.63, 3.8) is 0 Å². The van der Waals surface area contributed by atoms with Crippen LogP contribution in [0, 0.1) is 0 Å². The van der Waals surface area contributed by atoms with Crippen LogP contribution in [0.1, 0.15) is 24.5 Å². The molecule has 2 aliphatic rings. The van der Waals surface area contributed by atoms with Gasteiger partial charge in [-0.2, -0.15) is 0 Å². The average molecular weight is 306 g/mol. The average Bonchev–Trinajstić information content (AvgIpc) is 2.90. The van der Waals surface area contributed by atoms with Crippen molar-refractivity contribution in [2.45, 2.75) is 32.2 Å². The Balaban J connectivity index is 1.58. The first-order valence-corrected chi connectivity index (χ1v) is 8.47. The number of amides is 1. The van der Waals surface area contributed by atoms with Crippen molar-refractivity contribution in [3.05, 3.63) is 59.7 Å². The lowest BCUT2D eigenvalue weighted by atomic mass is 10.0. The van der Waals surface area contributed by atoms with Gasteiger partial charge in [0.15, 0.2) is 0 Å². The summed E-state index contributed by atoms with van der Waals surface area (Å²) in [6.07, 6.45) is 3.15. The summed E-state index contributed by atoms with van der Waals surface area (Å²) in [5.74, 6) is 0.209. The van der Waals surface area contributed by atoms with Crippen LogP contribution in [-0.4, -0.2) is 25.0 Å². The van der Waals surface area contributed by atoms with E-state index in [0.717, 1.165) is 31.5 Å². The third-order valence-electron chi connectivity index (χ3n) is 5.07. The number of fused-ring (bicyclic) bond motifs is 2. The number of para-hydroxylation sites is 2. The van der Waals surface area contributed by atoms with E-state index in [-0.39, 0.29) is 5.91 Å². The van der Waals surface area contributed by atoms with Gasteiger partial charge < -0.3 is 9.80 Å². The van der Waals surface area contributed by atoms with Crippen molar-refractivity contribution < 1.29 is 4.79 Å². The third kappa shape index (κ3) is 2.50. The molecule has 3 heteroatoms. The van der Waals surface area contributed by atoms with Crippen LogP contribution in [0.2, 0.25) is 0 Å². The number of rotatable bonds is 2. The Morgan fingerprint density at radius 1 is 1.04 bits per heavy atom. The zero-order valence-electron chi connectivity index (χ0n) is 13.5. The molecule has 0 bridgehead atoms. The van der Waals surface area contributed by atoms with Gasteiger partial charge >= 0.3 is 0 Å². The second kappa shape index (κ2) is 5.73. The van der Waals surface area contributed by atoms with E-state index in [1.165, 1.54) is 16.8 Å². The van der Waals surface area contributed by atoms with E-state index in [1.54, 1.807) is 0 Å². The van der Waals surface area contributed by atoms with Gasteiger partial charge in [-0.05, 0) is 49.4 Å². The van der Waals surface area contributed by atoms with Gasteiger partial charge in [-0.1, -0.05) is 36.4 Å². The number of aryl methyl sites for hydroxylation is 1. The molecule has 0 aromatic heterocycles. The minimum absolute atomic E-state index is 0.209. The summed E-state index contributed by atoms with van der Waals surface area (Å²) >= 11 is 0. The Kier molecular flexibility index (Phi) is 3.56. The van der Waals surface area contributed by atoms with Gasteiger partial charge in [0.25, 0.3) is 0 Å². The normalized spacial score (nSPS) is 19.4. The van der Waals surface area contributed by atoms with E-state index in [1.807, 2.05) is 11.0 Å². The maximum Gasteiger partial charge on any atom is 0.246 e. The fourth-order valence-corrected chi connectivity index (χ4v) is 3.89. The topological polar surface area (TPSA) is 23.6 Å². The summed E-state index contributed by atoms with van der Waals surface area (Å²) in [6, 6.07) is 17.1. The predicted molar refractivity (Wildman–Crippen MR) is 94.1 cm³/mol. The molecule has 0 saturated carbocycles. The summed E-state index contributed by atoms with van der Waals surface area (Å²) in [4.78, 5) is 17.2. The van der Waals surface area contributed by atoms with Gasteiger partial charge in [-0.25, -0.2) is 0 Å². The third-order valence-corrected chi connectivity index (χ3v) is 5.07. The number of benzene rings is 2. The van der Waals surface area contributed by atoms with Crippen LogP contribution in [0.15, 0.2) is 48.5 Å². The van der Waals surface area contributed by atoms with Crippen LogP contribution in [0.5, 0.6) is 0 Å². The highest BCUT2D eigenvalue weighted by Crippen LogP contribution is 2.32. The van der Waals surface area contributed by atoms with E-state index >= 15 is 0 Å². The molecule has 2 aliphatic heterocycles. The molecule has 4 rings (SSSR count). The lowest BCUT2D eigenvalue weighted by Gasteiger charge is -2.32. The van der Waals surface area contributed by atoms with E-state index in [4.69, 9.17) is 0 Å². The Bertz CT molecular complexity index is 740. The van der Waals surface area contributed by atoms with Crippen molar-refractivity contribution in [2.75, 3.05) is 22.9 Å². The van der Waals surface area contributed by atoms with Crippen LogP contribution in [0.4, 0.5) is 11.4 Å². The molecule has 3 nitrogen and oxygen atoms in total. The maximum absolute atomic E-state index is 13.0. The zero-order valence-corrected chi connectivity index (χ0v) is 13.5. The van der Waals surface area contributed by atoms with Crippen molar-refractivity contribution in [3.8, 4) is 0 Å². The fraction of sp³-hybridized carbons (Fsp3) is 0.350. The van der Waals surface area contributed by atoms with Crippen LogP contribution in [0.3, 0.4) is 0 Å². The molecule has 0 fully saturated rings. The molecule has 0 aliphatic carbocycles. The molecule has 2 heterocycles. The fourth-order valence-electron chi connectivity index (χ4n) is 3.89. The van der Waals surface area contributed by atoms with Gasteiger partial charge in [0.2, 0.25) is 5.91 Å². The minimum Gasteiger partial charge on any atom is -0.359 e. The SMILES string of the molecule is CC1Cc2ccccc2N1CC(=O)N1CCCc2ccccc21. The minimum atomic E-state index is 0.209. The molecule has 0 spiro atoms. The summed E-state index contributed by atoms with van der Waals surface area (Å²) in [5.41, 5.74) is 4.97. The molecule has 23 heavy (non-hydrogen) atoms. The smallest absolute Gasteiger partial charge is 0.246 e. The molecule has 1 unspecified atom stereocenters. The summed E-state index contributed by atoms with van der Waals surface area (Å²) in [7, 11) is 0. The van der Waals surface area contributed by atoms with Crippen molar-refractivity contribution in [2.24, 2.45) is 0 Å². The first-order valence-electron chi connectivity index (χ1n) is 8.47. The van der Waals surface area contributed by atoms with Gasteiger partial charge in [0, 0.05) is 24.0 Å². The number of hydrogen-bond acceptors (Lipinski definition) is 2.